The van der Waals surface area contributed by atoms with Crippen LogP contribution < -0.4 is 0 Å². The van der Waals surface area contributed by atoms with Gasteiger partial charge in [-0.2, -0.15) is 0 Å². The Labute approximate surface area is 128 Å². The van der Waals surface area contributed by atoms with Crippen molar-refractivity contribution < 1.29 is 14.6 Å². The zero-order chi connectivity index (χ0) is 15.1. The van der Waals surface area contributed by atoms with E-state index in [1.807, 2.05) is 4.90 Å². The molecule has 1 amide bonds. The van der Waals surface area contributed by atoms with Crippen LogP contribution in [0.1, 0.15) is 64.7 Å². The Bertz CT molecular complexity index is 315. The van der Waals surface area contributed by atoms with Crippen LogP contribution in [-0.4, -0.2) is 47.8 Å². The molecule has 0 saturated carbocycles. The third kappa shape index (κ3) is 4.96. The van der Waals surface area contributed by atoms with Crippen molar-refractivity contribution in [1.29, 1.82) is 0 Å². The van der Waals surface area contributed by atoms with Crippen LogP contribution in [0.5, 0.6) is 0 Å². The van der Waals surface area contributed by atoms with Crippen molar-refractivity contribution >= 4 is 5.91 Å². The van der Waals surface area contributed by atoms with E-state index in [0.29, 0.717) is 18.9 Å². The van der Waals surface area contributed by atoms with Crippen LogP contribution in [0.15, 0.2) is 0 Å². The number of unbranched alkanes of at least 4 members (excludes halogenated alkanes) is 4. The van der Waals surface area contributed by atoms with Gasteiger partial charge in [-0.1, -0.05) is 32.6 Å². The number of rotatable bonds is 7. The first-order chi connectivity index (χ1) is 10.2. The lowest BCUT2D eigenvalue weighted by Gasteiger charge is -2.33. The maximum absolute atomic E-state index is 12.5. The Hall–Kier alpha value is -0.610. The fourth-order valence-electron chi connectivity index (χ4n) is 3.67. The zero-order valence-electron chi connectivity index (χ0n) is 13.4. The summed E-state index contributed by atoms with van der Waals surface area (Å²) in [6, 6.07) is 0.198. The van der Waals surface area contributed by atoms with Gasteiger partial charge in [-0.15, -0.1) is 0 Å². The number of β-amino-alcohol motifs (C(OH)–C–C–N with tert-alkyl or cyclic N) is 1. The number of amides is 1. The first-order valence-electron chi connectivity index (χ1n) is 8.77. The Kier molecular flexibility index (Phi) is 6.97. The molecule has 4 nitrogen and oxygen atoms in total. The summed E-state index contributed by atoms with van der Waals surface area (Å²) in [5, 5.41) is 9.96. The van der Waals surface area contributed by atoms with E-state index in [2.05, 4.69) is 6.92 Å². The molecule has 2 saturated heterocycles. The fraction of sp³-hybridized carbons (Fsp3) is 0.941. The van der Waals surface area contributed by atoms with Crippen LogP contribution >= 0.6 is 0 Å². The first kappa shape index (κ1) is 16.8. The van der Waals surface area contributed by atoms with Crippen LogP contribution in [0.4, 0.5) is 0 Å². The van der Waals surface area contributed by atoms with Gasteiger partial charge in [-0.3, -0.25) is 4.79 Å². The van der Waals surface area contributed by atoms with Crippen molar-refractivity contribution in [3.05, 3.63) is 0 Å². The fourth-order valence-corrected chi connectivity index (χ4v) is 3.67. The van der Waals surface area contributed by atoms with E-state index in [9.17, 15) is 9.90 Å². The Balaban J connectivity index is 1.79. The van der Waals surface area contributed by atoms with Crippen molar-refractivity contribution in [2.45, 2.75) is 76.9 Å². The predicted molar refractivity (Wildman–Crippen MR) is 83.0 cm³/mol. The number of nitrogens with zero attached hydrogens (tertiary/aromatic N) is 1. The number of hydrogen-bond donors (Lipinski definition) is 1. The van der Waals surface area contributed by atoms with E-state index in [1.165, 1.54) is 19.3 Å². The monoisotopic (exact) mass is 297 g/mol. The lowest BCUT2D eigenvalue weighted by molar-refractivity contribution is -0.134. The highest BCUT2D eigenvalue weighted by Gasteiger charge is 2.39. The Morgan fingerprint density at radius 3 is 2.81 bits per heavy atom. The second kappa shape index (κ2) is 8.74. The van der Waals surface area contributed by atoms with E-state index in [-0.39, 0.29) is 18.1 Å². The van der Waals surface area contributed by atoms with E-state index >= 15 is 0 Å². The van der Waals surface area contributed by atoms with Crippen LogP contribution in [0, 0.1) is 5.92 Å². The summed E-state index contributed by atoms with van der Waals surface area (Å²) >= 11 is 0. The number of carbonyl (C=O) groups excluding carboxylic acids is 1. The van der Waals surface area contributed by atoms with Crippen LogP contribution in [0.25, 0.3) is 0 Å². The normalized spacial score (nSPS) is 29.8. The van der Waals surface area contributed by atoms with Crippen molar-refractivity contribution in [3.63, 3.8) is 0 Å². The zero-order valence-corrected chi connectivity index (χ0v) is 13.4. The average molecular weight is 297 g/mol. The summed E-state index contributed by atoms with van der Waals surface area (Å²) in [6.45, 7) is 4.32. The number of hydrogen-bond acceptors (Lipinski definition) is 3. The van der Waals surface area contributed by atoms with Gasteiger partial charge in [0.2, 0.25) is 5.91 Å². The second-order valence-corrected chi connectivity index (χ2v) is 6.64. The van der Waals surface area contributed by atoms with Gasteiger partial charge < -0.3 is 14.7 Å². The van der Waals surface area contributed by atoms with Gasteiger partial charge in [0.1, 0.15) is 0 Å². The molecule has 2 aliphatic rings. The molecule has 0 spiro atoms. The van der Waals surface area contributed by atoms with Gasteiger partial charge >= 0.3 is 0 Å². The second-order valence-electron chi connectivity index (χ2n) is 6.64. The maximum Gasteiger partial charge on any atom is 0.222 e. The van der Waals surface area contributed by atoms with Gasteiger partial charge in [0.05, 0.1) is 12.7 Å². The molecule has 4 heteroatoms. The maximum atomic E-state index is 12.5. The number of likely N-dealkylation sites (tertiary alicyclic amines) is 1. The highest BCUT2D eigenvalue weighted by Crippen LogP contribution is 2.30. The molecule has 2 heterocycles. The first-order valence-corrected chi connectivity index (χ1v) is 8.77. The minimum absolute atomic E-state index is 0.198. The summed E-state index contributed by atoms with van der Waals surface area (Å²) in [7, 11) is 0. The molecule has 0 aromatic carbocycles. The third-order valence-electron chi connectivity index (χ3n) is 4.88. The van der Waals surface area contributed by atoms with Gasteiger partial charge in [0.25, 0.3) is 0 Å². The molecular weight excluding hydrogens is 266 g/mol. The summed E-state index contributed by atoms with van der Waals surface area (Å²) in [6.07, 6.45) is 9.08. The lowest BCUT2D eigenvalue weighted by Crippen LogP contribution is -2.42. The van der Waals surface area contributed by atoms with Gasteiger partial charge in [-0.25, -0.2) is 0 Å². The molecule has 1 N–H and O–H groups in total. The molecule has 3 atom stereocenters. The smallest absolute Gasteiger partial charge is 0.222 e. The minimum atomic E-state index is -0.346. The summed E-state index contributed by atoms with van der Waals surface area (Å²) in [5.41, 5.74) is 0. The topological polar surface area (TPSA) is 49.8 Å². The number of aliphatic hydroxyl groups excluding tert-OH is 1. The molecule has 2 rings (SSSR count). The average Bonchev–Trinajstić information content (AvgIpc) is 2.90. The largest absolute Gasteiger partial charge is 0.391 e. The molecule has 0 aromatic heterocycles. The van der Waals surface area contributed by atoms with Crippen molar-refractivity contribution in [2.24, 2.45) is 5.92 Å². The van der Waals surface area contributed by atoms with E-state index < -0.39 is 0 Å². The number of aliphatic hydroxyl groups is 1. The third-order valence-corrected chi connectivity index (χ3v) is 4.88. The van der Waals surface area contributed by atoms with E-state index in [1.54, 1.807) is 0 Å². The quantitative estimate of drug-likeness (QED) is 0.735. The molecule has 0 aliphatic carbocycles. The highest BCUT2D eigenvalue weighted by atomic mass is 16.5. The Morgan fingerprint density at radius 2 is 2.10 bits per heavy atom. The molecule has 2 aliphatic heterocycles. The van der Waals surface area contributed by atoms with Crippen molar-refractivity contribution in [1.82, 2.24) is 4.90 Å². The Morgan fingerprint density at radius 1 is 1.29 bits per heavy atom. The molecule has 2 fully saturated rings. The number of ether oxygens (including phenoxy) is 1. The highest BCUT2D eigenvalue weighted by molar-refractivity contribution is 5.77. The summed E-state index contributed by atoms with van der Waals surface area (Å²) in [5.74, 6) is 0.651. The molecule has 0 bridgehead atoms. The van der Waals surface area contributed by atoms with Crippen LogP contribution in [0.2, 0.25) is 0 Å². The number of carbonyl (C=O) groups is 1. The van der Waals surface area contributed by atoms with Gasteiger partial charge in [-0.05, 0) is 25.7 Å². The molecule has 0 aromatic rings. The minimum Gasteiger partial charge on any atom is -0.391 e. The lowest BCUT2D eigenvalue weighted by atomic mass is 9.91. The molecule has 122 valence electrons. The SMILES string of the molecule is CCCCCCCC(=O)N1CC(O)CC1C1CCCOC1. The van der Waals surface area contributed by atoms with Crippen molar-refractivity contribution in [3.8, 4) is 0 Å². The van der Waals surface area contributed by atoms with E-state index in [4.69, 9.17) is 4.74 Å². The molecule has 0 radical (unpaired) electrons. The standard InChI is InChI=1S/C17H31NO3/c1-2-3-4-5-6-9-17(20)18-12-15(19)11-16(18)14-8-7-10-21-13-14/h14-16,19H,2-13H2,1H3. The summed E-state index contributed by atoms with van der Waals surface area (Å²) < 4.78 is 5.56. The van der Waals surface area contributed by atoms with E-state index in [0.717, 1.165) is 45.3 Å². The summed E-state index contributed by atoms with van der Waals surface area (Å²) in [4.78, 5) is 14.4. The molecular formula is C17H31NO3. The van der Waals surface area contributed by atoms with Crippen LogP contribution in [-0.2, 0) is 9.53 Å². The molecule has 21 heavy (non-hydrogen) atoms. The van der Waals surface area contributed by atoms with Gasteiger partial charge in [0, 0.05) is 31.5 Å². The van der Waals surface area contributed by atoms with Crippen molar-refractivity contribution in [2.75, 3.05) is 19.8 Å². The van der Waals surface area contributed by atoms with Gasteiger partial charge in [0.15, 0.2) is 0 Å². The predicted octanol–water partition coefficient (Wildman–Crippen LogP) is 2.74. The van der Waals surface area contributed by atoms with Crippen LogP contribution in [0.3, 0.4) is 0 Å². The molecule has 3 unspecified atom stereocenters.